The van der Waals surface area contributed by atoms with E-state index >= 15 is 0 Å². The van der Waals surface area contributed by atoms with Crippen molar-refractivity contribution in [1.82, 2.24) is 24.6 Å². The van der Waals surface area contributed by atoms with Gasteiger partial charge in [-0.25, -0.2) is 0 Å². The van der Waals surface area contributed by atoms with Crippen molar-refractivity contribution >= 4 is 0 Å². The van der Waals surface area contributed by atoms with Crippen molar-refractivity contribution in [2.24, 2.45) is 7.05 Å². The molecule has 0 bridgehead atoms. The zero-order valence-electron chi connectivity index (χ0n) is 16.8. The second kappa shape index (κ2) is 8.85. The summed E-state index contributed by atoms with van der Waals surface area (Å²) in [4.78, 5) is 5.00. The van der Waals surface area contributed by atoms with Crippen molar-refractivity contribution in [2.75, 3.05) is 26.2 Å². The van der Waals surface area contributed by atoms with Crippen LogP contribution in [0.3, 0.4) is 0 Å². The number of hydrogen-bond acceptors (Lipinski definition) is 5. The van der Waals surface area contributed by atoms with E-state index in [0.29, 0.717) is 5.92 Å². The van der Waals surface area contributed by atoms with Crippen molar-refractivity contribution in [3.05, 3.63) is 47.0 Å². The van der Waals surface area contributed by atoms with Crippen LogP contribution in [0.1, 0.15) is 60.8 Å². The van der Waals surface area contributed by atoms with Crippen LogP contribution in [-0.4, -0.2) is 50.7 Å². The highest BCUT2D eigenvalue weighted by Gasteiger charge is 2.26. The molecule has 1 atom stereocenters. The van der Waals surface area contributed by atoms with Crippen LogP contribution < -0.4 is 0 Å². The SMILES string of the molecule is Cn1c(CN2CCCCC2)nnc1[C@@H]1CCCN(Cc2cccc(C#N)c2)C1. The molecule has 0 unspecified atom stereocenters. The summed E-state index contributed by atoms with van der Waals surface area (Å²) in [6.45, 7) is 6.28. The molecule has 28 heavy (non-hydrogen) atoms. The van der Waals surface area contributed by atoms with Gasteiger partial charge in [-0.1, -0.05) is 18.6 Å². The molecule has 2 saturated heterocycles. The molecule has 148 valence electrons. The Morgan fingerprint density at radius 2 is 1.86 bits per heavy atom. The Kier molecular flexibility index (Phi) is 6.04. The van der Waals surface area contributed by atoms with Crippen molar-refractivity contribution in [2.45, 2.75) is 51.1 Å². The van der Waals surface area contributed by atoms with E-state index in [1.807, 2.05) is 18.2 Å². The second-order valence-electron chi connectivity index (χ2n) is 8.26. The minimum Gasteiger partial charge on any atom is -0.317 e. The Labute approximate surface area is 167 Å². The number of benzene rings is 1. The number of rotatable bonds is 5. The average Bonchev–Trinajstić information content (AvgIpc) is 3.09. The number of hydrogen-bond donors (Lipinski definition) is 0. The largest absolute Gasteiger partial charge is 0.317 e. The monoisotopic (exact) mass is 378 g/mol. The summed E-state index contributed by atoms with van der Waals surface area (Å²) in [6, 6.07) is 10.2. The van der Waals surface area contributed by atoms with Crippen LogP contribution >= 0.6 is 0 Å². The highest BCUT2D eigenvalue weighted by Crippen LogP contribution is 2.27. The molecular formula is C22H30N6. The van der Waals surface area contributed by atoms with E-state index in [4.69, 9.17) is 5.26 Å². The lowest BCUT2D eigenvalue weighted by Crippen LogP contribution is -2.35. The molecule has 3 heterocycles. The normalized spacial score (nSPS) is 21.5. The maximum Gasteiger partial charge on any atom is 0.146 e. The quantitative estimate of drug-likeness (QED) is 0.800. The van der Waals surface area contributed by atoms with Gasteiger partial charge in [-0.05, 0) is 63.0 Å². The van der Waals surface area contributed by atoms with Crippen molar-refractivity contribution in [3.63, 3.8) is 0 Å². The molecule has 0 aliphatic carbocycles. The molecule has 2 aliphatic rings. The van der Waals surface area contributed by atoms with E-state index in [1.54, 1.807) is 0 Å². The minimum atomic E-state index is 0.431. The van der Waals surface area contributed by atoms with Crippen LogP contribution in [0.4, 0.5) is 0 Å². The molecule has 4 rings (SSSR count). The first kappa shape index (κ1) is 19.1. The van der Waals surface area contributed by atoms with Crippen molar-refractivity contribution in [1.29, 1.82) is 5.26 Å². The van der Waals surface area contributed by atoms with Crippen LogP contribution in [0.2, 0.25) is 0 Å². The van der Waals surface area contributed by atoms with Crippen LogP contribution in [0.5, 0.6) is 0 Å². The molecule has 2 aromatic rings. The second-order valence-corrected chi connectivity index (χ2v) is 8.26. The molecule has 0 amide bonds. The van der Waals surface area contributed by atoms with Crippen LogP contribution in [-0.2, 0) is 20.1 Å². The summed E-state index contributed by atoms with van der Waals surface area (Å²) in [5.74, 6) is 2.65. The van der Waals surface area contributed by atoms with Gasteiger partial charge in [-0.2, -0.15) is 5.26 Å². The Hall–Kier alpha value is -2.23. The zero-order valence-corrected chi connectivity index (χ0v) is 16.8. The van der Waals surface area contributed by atoms with Crippen LogP contribution in [0.25, 0.3) is 0 Å². The first-order valence-electron chi connectivity index (χ1n) is 10.5. The lowest BCUT2D eigenvalue weighted by molar-refractivity contribution is 0.194. The molecule has 6 heteroatoms. The molecule has 1 aromatic heterocycles. The smallest absolute Gasteiger partial charge is 0.146 e. The fourth-order valence-corrected chi connectivity index (χ4v) is 4.59. The van der Waals surface area contributed by atoms with Crippen LogP contribution in [0.15, 0.2) is 24.3 Å². The summed E-state index contributed by atoms with van der Waals surface area (Å²) in [5, 5.41) is 18.2. The Bertz CT molecular complexity index is 830. The first-order chi connectivity index (χ1) is 13.7. The summed E-state index contributed by atoms with van der Waals surface area (Å²) in [5.41, 5.74) is 1.95. The predicted molar refractivity (Wildman–Crippen MR) is 109 cm³/mol. The van der Waals surface area contributed by atoms with Gasteiger partial charge in [0.2, 0.25) is 0 Å². The van der Waals surface area contributed by atoms with E-state index < -0.39 is 0 Å². The van der Waals surface area contributed by atoms with E-state index in [-0.39, 0.29) is 0 Å². The lowest BCUT2D eigenvalue weighted by atomic mass is 9.96. The maximum atomic E-state index is 9.12. The molecule has 0 spiro atoms. The lowest BCUT2D eigenvalue weighted by Gasteiger charge is -2.32. The molecule has 0 saturated carbocycles. The third-order valence-corrected chi connectivity index (χ3v) is 6.15. The Morgan fingerprint density at radius 1 is 1.04 bits per heavy atom. The standard InChI is InChI=1S/C22H30N6/c1-26-21(17-27-10-3-2-4-11-27)24-25-22(26)20-9-6-12-28(16-20)15-19-8-5-7-18(13-19)14-23/h5,7-8,13,20H,2-4,6,9-12,15-17H2,1H3/t20-/m1/s1. The summed E-state index contributed by atoms with van der Waals surface area (Å²) >= 11 is 0. The van der Waals surface area contributed by atoms with Crippen molar-refractivity contribution < 1.29 is 0 Å². The van der Waals surface area contributed by atoms with Gasteiger partial charge in [0.05, 0.1) is 18.2 Å². The number of aromatic nitrogens is 3. The molecule has 1 aromatic carbocycles. The maximum absolute atomic E-state index is 9.12. The molecule has 2 aliphatic heterocycles. The highest BCUT2D eigenvalue weighted by molar-refractivity contribution is 5.32. The van der Waals surface area contributed by atoms with E-state index in [9.17, 15) is 0 Å². The topological polar surface area (TPSA) is 61.0 Å². The van der Waals surface area contributed by atoms with Gasteiger partial charge < -0.3 is 4.57 Å². The fraction of sp³-hybridized carbons (Fsp3) is 0.591. The van der Waals surface area contributed by atoms with Crippen LogP contribution in [0, 0.1) is 11.3 Å². The Balaban J connectivity index is 1.41. The number of nitriles is 1. The Morgan fingerprint density at radius 3 is 2.68 bits per heavy atom. The van der Waals surface area contributed by atoms with Gasteiger partial charge >= 0.3 is 0 Å². The molecular weight excluding hydrogens is 348 g/mol. The van der Waals surface area contributed by atoms with Gasteiger partial charge in [0.25, 0.3) is 0 Å². The molecule has 2 fully saturated rings. The molecule has 6 nitrogen and oxygen atoms in total. The summed E-state index contributed by atoms with van der Waals surface area (Å²) in [6.07, 6.45) is 6.31. The average molecular weight is 379 g/mol. The minimum absolute atomic E-state index is 0.431. The fourth-order valence-electron chi connectivity index (χ4n) is 4.59. The third-order valence-electron chi connectivity index (χ3n) is 6.15. The number of likely N-dealkylation sites (tertiary alicyclic amines) is 2. The first-order valence-corrected chi connectivity index (χ1v) is 10.5. The third kappa shape index (κ3) is 4.43. The van der Waals surface area contributed by atoms with E-state index in [0.717, 1.165) is 43.4 Å². The zero-order chi connectivity index (χ0) is 19.3. The van der Waals surface area contributed by atoms with E-state index in [2.05, 4.69) is 43.7 Å². The predicted octanol–water partition coefficient (Wildman–Crippen LogP) is 3.05. The molecule has 0 N–H and O–H groups in total. The number of nitrogens with zero attached hydrogens (tertiary/aromatic N) is 6. The van der Waals surface area contributed by atoms with E-state index in [1.165, 1.54) is 50.8 Å². The molecule has 0 radical (unpaired) electrons. The number of piperidine rings is 2. The summed E-state index contributed by atoms with van der Waals surface area (Å²) < 4.78 is 2.24. The van der Waals surface area contributed by atoms with Gasteiger partial charge in [0.1, 0.15) is 11.6 Å². The van der Waals surface area contributed by atoms with Gasteiger partial charge in [0, 0.05) is 26.1 Å². The van der Waals surface area contributed by atoms with Gasteiger partial charge in [-0.3, -0.25) is 9.80 Å². The van der Waals surface area contributed by atoms with Gasteiger partial charge in [0.15, 0.2) is 0 Å². The highest BCUT2D eigenvalue weighted by atomic mass is 15.3. The van der Waals surface area contributed by atoms with Crippen molar-refractivity contribution in [3.8, 4) is 6.07 Å². The summed E-state index contributed by atoms with van der Waals surface area (Å²) in [7, 11) is 2.13. The van der Waals surface area contributed by atoms with Gasteiger partial charge in [-0.15, -0.1) is 10.2 Å².